The number of hydrogen-bond acceptors (Lipinski definition) is 12. The van der Waals surface area contributed by atoms with Gasteiger partial charge >= 0.3 is 20.4 Å². The summed E-state index contributed by atoms with van der Waals surface area (Å²) in [6.07, 6.45) is 7.30. The van der Waals surface area contributed by atoms with Crippen LogP contribution in [0.5, 0.6) is 23.0 Å². The molecule has 0 atom stereocenters. The average molecular weight is 1440 g/mol. The van der Waals surface area contributed by atoms with Gasteiger partial charge in [-0.05, 0) is 143 Å². The summed E-state index contributed by atoms with van der Waals surface area (Å²) in [6.45, 7) is 2.17. The second-order valence-electron chi connectivity index (χ2n) is 22.4. The molecule has 0 radical (unpaired) electrons. The summed E-state index contributed by atoms with van der Waals surface area (Å²) in [5, 5.41) is 27.0. The molecule has 20 aromatic rings. The largest absolute Gasteiger partial charge is 2.00 e. The number of carboxylic acid groups (broad SMARTS) is 2. The Balaban J connectivity index is 0.000000139. The summed E-state index contributed by atoms with van der Waals surface area (Å²) in [5.41, 5.74) is 14.5. The van der Waals surface area contributed by atoms with Crippen LogP contribution in [0.2, 0.25) is 0 Å². The molecule has 0 aliphatic heterocycles. The van der Waals surface area contributed by atoms with E-state index >= 15 is 0 Å². The number of imidazole rings is 4. The zero-order valence-corrected chi connectivity index (χ0v) is 53.6. The van der Waals surface area contributed by atoms with E-state index in [1.807, 2.05) is 146 Å². The van der Waals surface area contributed by atoms with Crippen molar-refractivity contribution >= 4 is 166 Å². The number of rotatable bonds is 4. The number of aromatic nitrogens is 12. The summed E-state index contributed by atoms with van der Waals surface area (Å²) >= 11 is 0. The third-order valence-electron chi connectivity index (χ3n) is 16.6. The Bertz CT molecular complexity index is 5800. The van der Waals surface area contributed by atoms with E-state index < -0.39 is 11.9 Å². The molecule has 8 aromatic carbocycles. The molecule has 0 aliphatic carbocycles. The number of nitrogens with zero attached hydrogens (tertiary/aromatic N) is 12. The van der Waals surface area contributed by atoms with Crippen LogP contribution < -0.4 is 9.47 Å². The van der Waals surface area contributed by atoms with Crippen molar-refractivity contribution in [2.45, 2.75) is 13.8 Å². The number of ether oxygens (including phenoxy) is 2. The number of carbonyl (C=O) groups is 2. The number of carboxylic acids is 2. The number of pyridine rings is 8. The normalized spacial score (nSPS) is 11.4. The fraction of sp³-hybridized carbons (Fsp3) is 0.0263. The number of aliphatic carboxylic acids is 2. The number of benzene rings is 8. The van der Waals surface area contributed by atoms with Crippen LogP contribution in [0.15, 0.2) is 231 Å². The standard InChI is InChI=1S/C36H20N6O.C36H18N6O.2C2H4O2.2Pd/c2*1-3-11-31-29(9-1)39-35-27-19-21(13-15-23(27)25-7-5-17-37-33(25)41(31)35)43-22-14-16-24-26-8-6-18-38-34(26)42-32-12-4-2-10-30(32)40-36(42)28(24)20-22;2*1-2(3)4;;/h1-20H;1-18H;2*1H3,(H,3,4);;/q;-2;;;;+2. The van der Waals surface area contributed by atoms with Gasteiger partial charge in [-0.3, -0.25) is 28.4 Å². The monoisotopic (exact) mass is 1430 g/mol. The van der Waals surface area contributed by atoms with Gasteiger partial charge in [0.15, 0.2) is 0 Å². The predicted octanol–water partition coefficient (Wildman–Crippen LogP) is 16.7. The van der Waals surface area contributed by atoms with Gasteiger partial charge < -0.3 is 28.5 Å². The Hall–Kier alpha value is -11.9. The van der Waals surface area contributed by atoms with E-state index in [1.54, 1.807) is 0 Å². The molecule has 12 aromatic heterocycles. The molecule has 0 saturated heterocycles. The van der Waals surface area contributed by atoms with Crippen LogP contribution in [0, 0.1) is 12.1 Å². The van der Waals surface area contributed by atoms with Gasteiger partial charge in [0.1, 0.15) is 45.4 Å². The predicted molar refractivity (Wildman–Crippen MR) is 366 cm³/mol. The van der Waals surface area contributed by atoms with Gasteiger partial charge in [-0.1, -0.05) is 106 Å². The molecule has 18 nitrogen and oxygen atoms in total. The second kappa shape index (κ2) is 24.2. The molecule has 2 N–H and O–H groups in total. The van der Waals surface area contributed by atoms with Crippen LogP contribution in [0.3, 0.4) is 0 Å². The van der Waals surface area contributed by atoms with Gasteiger partial charge in [-0.25, -0.2) is 29.9 Å². The van der Waals surface area contributed by atoms with Gasteiger partial charge in [-0.2, -0.15) is 0 Å². The summed E-state index contributed by atoms with van der Waals surface area (Å²) in [5.74, 6) is 0.951. The van der Waals surface area contributed by atoms with E-state index in [2.05, 4.69) is 115 Å². The third-order valence-corrected chi connectivity index (χ3v) is 16.6. The maximum atomic E-state index is 9.00. The fourth-order valence-electron chi connectivity index (χ4n) is 12.9. The minimum atomic E-state index is -0.833. The van der Waals surface area contributed by atoms with Crippen LogP contribution in [-0.4, -0.2) is 79.6 Å². The third kappa shape index (κ3) is 10.0. The van der Waals surface area contributed by atoms with E-state index in [0.717, 1.165) is 179 Å². The molecule has 0 bridgehead atoms. The van der Waals surface area contributed by atoms with Crippen molar-refractivity contribution in [3.8, 4) is 23.0 Å². The molecule has 96 heavy (non-hydrogen) atoms. The first kappa shape index (κ1) is 60.4. The van der Waals surface area contributed by atoms with Crippen molar-refractivity contribution in [3.05, 3.63) is 243 Å². The first-order valence-electron chi connectivity index (χ1n) is 30.0. The molecule has 12 heterocycles. The van der Waals surface area contributed by atoms with Crippen molar-refractivity contribution in [3.63, 3.8) is 0 Å². The minimum Gasteiger partial charge on any atom is -0.497 e. The maximum absolute atomic E-state index is 9.00. The molecule has 0 amide bonds. The van der Waals surface area contributed by atoms with E-state index in [0.29, 0.717) is 11.5 Å². The van der Waals surface area contributed by atoms with E-state index in [9.17, 15) is 0 Å². The van der Waals surface area contributed by atoms with E-state index in [1.165, 1.54) is 0 Å². The van der Waals surface area contributed by atoms with Crippen molar-refractivity contribution in [2.75, 3.05) is 0 Å². The smallest absolute Gasteiger partial charge is 0.497 e. The van der Waals surface area contributed by atoms with Crippen LogP contribution in [0.4, 0.5) is 0 Å². The molecule has 20 heteroatoms. The number of hydrogen-bond donors (Lipinski definition) is 2. The van der Waals surface area contributed by atoms with Crippen LogP contribution in [-0.2, 0) is 50.4 Å². The molecule has 0 spiro atoms. The molecule has 0 aliphatic rings. The van der Waals surface area contributed by atoms with Gasteiger partial charge in [0.25, 0.3) is 11.9 Å². The first-order valence-corrected chi connectivity index (χ1v) is 30.0. The Morgan fingerprint density at radius 3 is 0.969 bits per heavy atom. The van der Waals surface area contributed by atoms with Gasteiger partial charge in [0.05, 0.1) is 55.4 Å². The maximum Gasteiger partial charge on any atom is 2.00 e. The fourth-order valence-corrected chi connectivity index (χ4v) is 12.9. The second-order valence-corrected chi connectivity index (χ2v) is 22.4. The minimum absolute atomic E-state index is 0. The molecular formula is C76H46N12O6Pd2. The summed E-state index contributed by atoms with van der Waals surface area (Å²) in [7, 11) is 0. The van der Waals surface area contributed by atoms with Crippen molar-refractivity contribution < 1.29 is 70.1 Å². The van der Waals surface area contributed by atoms with Crippen LogP contribution >= 0.6 is 0 Å². The molecule has 0 saturated carbocycles. The summed E-state index contributed by atoms with van der Waals surface area (Å²) in [4.78, 5) is 56.9. The summed E-state index contributed by atoms with van der Waals surface area (Å²) < 4.78 is 21.5. The zero-order valence-electron chi connectivity index (χ0n) is 50.5. The molecule has 20 rings (SSSR count). The van der Waals surface area contributed by atoms with E-state index in [4.69, 9.17) is 69.1 Å². The Kier molecular flexibility index (Phi) is 15.2. The number of fused-ring (bicyclic) bond motifs is 32. The molecule has 466 valence electrons. The van der Waals surface area contributed by atoms with Crippen LogP contribution in [0.1, 0.15) is 13.8 Å². The van der Waals surface area contributed by atoms with Crippen molar-refractivity contribution in [2.24, 2.45) is 0 Å². The summed E-state index contributed by atoms with van der Waals surface area (Å²) in [6, 6.07) is 76.3. The number of para-hydroxylation sites is 8. The van der Waals surface area contributed by atoms with Gasteiger partial charge in [-0.15, -0.1) is 12.1 Å². The van der Waals surface area contributed by atoms with Crippen LogP contribution in [0.25, 0.3) is 154 Å². The average Bonchev–Trinajstić information content (AvgIpc) is 1.52. The Morgan fingerprint density at radius 1 is 0.333 bits per heavy atom. The van der Waals surface area contributed by atoms with Gasteiger partial charge in [0.2, 0.25) is 0 Å². The Labute approximate surface area is 569 Å². The Morgan fingerprint density at radius 2 is 0.625 bits per heavy atom. The van der Waals surface area contributed by atoms with Crippen molar-refractivity contribution in [1.82, 2.24) is 57.5 Å². The molecule has 0 unspecified atom stereocenters. The van der Waals surface area contributed by atoms with Gasteiger partial charge in [0, 0.05) is 92.1 Å². The first-order chi connectivity index (χ1) is 46.1. The topological polar surface area (TPSA) is 214 Å². The molecular weight excluding hydrogens is 1390 g/mol. The zero-order chi connectivity index (χ0) is 63.3. The van der Waals surface area contributed by atoms with Crippen molar-refractivity contribution in [1.29, 1.82) is 0 Å². The molecule has 0 fully saturated rings. The van der Waals surface area contributed by atoms with E-state index in [-0.39, 0.29) is 40.8 Å². The quantitative estimate of drug-likeness (QED) is 0.0953. The SMILES string of the molecule is CC(=O)O.CC(=O)O.[Pd+2].[Pd].[c-]1c(Oc2[c-]c3c(cc2)c2cccnc2n2c4ccccc4nc32)ccc2c1c1nc3ccccc3n1c1ncccc21.c1ccc2c(c1)nc1c3cc(Oc4ccc5c6cccnc6n6c7ccccc7nc6c5c4)ccc3c3cccnc3n21.